The van der Waals surface area contributed by atoms with Crippen molar-refractivity contribution < 1.29 is 0 Å². The van der Waals surface area contributed by atoms with Crippen LogP contribution in [0.25, 0.3) is 0 Å². The SMILES string of the molecule is CC1=CCC[C@H](C)[C@@H]1CNCc1ccnn1C. The maximum atomic E-state index is 4.18. The van der Waals surface area contributed by atoms with E-state index in [2.05, 4.69) is 36.4 Å². The minimum Gasteiger partial charge on any atom is -0.311 e. The summed E-state index contributed by atoms with van der Waals surface area (Å²) in [4.78, 5) is 0. The van der Waals surface area contributed by atoms with Crippen LogP contribution in [0.3, 0.4) is 0 Å². The number of allylic oxidation sites excluding steroid dienone is 1. The molecule has 0 fully saturated rings. The third-order valence-electron chi connectivity index (χ3n) is 3.95. The first-order valence-corrected chi connectivity index (χ1v) is 6.52. The van der Waals surface area contributed by atoms with Crippen molar-refractivity contribution in [3.05, 3.63) is 29.6 Å². The number of aromatic nitrogens is 2. The quantitative estimate of drug-likeness (QED) is 0.810. The molecule has 0 bridgehead atoms. The Hall–Kier alpha value is -1.09. The van der Waals surface area contributed by atoms with Gasteiger partial charge in [-0.2, -0.15) is 5.10 Å². The van der Waals surface area contributed by atoms with Gasteiger partial charge in [0.1, 0.15) is 0 Å². The fourth-order valence-electron chi connectivity index (χ4n) is 2.67. The molecule has 3 nitrogen and oxygen atoms in total. The Morgan fingerprint density at radius 3 is 3.00 bits per heavy atom. The molecule has 1 aromatic rings. The third kappa shape index (κ3) is 2.97. The lowest BCUT2D eigenvalue weighted by atomic mass is 9.80. The lowest BCUT2D eigenvalue weighted by molar-refractivity contribution is 0.348. The first-order valence-electron chi connectivity index (χ1n) is 6.52. The topological polar surface area (TPSA) is 29.9 Å². The van der Waals surface area contributed by atoms with Crippen LogP contribution >= 0.6 is 0 Å². The normalized spacial score (nSPS) is 24.8. The molecule has 0 amide bonds. The molecule has 2 rings (SSSR count). The van der Waals surface area contributed by atoms with Crippen molar-refractivity contribution in [3.8, 4) is 0 Å². The molecule has 2 atom stereocenters. The summed E-state index contributed by atoms with van der Waals surface area (Å²) in [5.74, 6) is 1.51. The zero-order valence-corrected chi connectivity index (χ0v) is 11.1. The van der Waals surface area contributed by atoms with Crippen LogP contribution in [0, 0.1) is 11.8 Å². The lowest BCUT2D eigenvalue weighted by Crippen LogP contribution is -2.29. The molecule has 1 aliphatic rings. The van der Waals surface area contributed by atoms with E-state index in [1.165, 1.54) is 18.5 Å². The van der Waals surface area contributed by atoms with Crippen molar-refractivity contribution in [1.29, 1.82) is 0 Å². The number of nitrogens with zero attached hydrogens (tertiary/aromatic N) is 2. The second-order valence-electron chi connectivity index (χ2n) is 5.19. The van der Waals surface area contributed by atoms with E-state index in [0.29, 0.717) is 5.92 Å². The highest BCUT2D eigenvalue weighted by atomic mass is 15.3. The zero-order chi connectivity index (χ0) is 12.3. The van der Waals surface area contributed by atoms with Crippen LogP contribution in [0.15, 0.2) is 23.9 Å². The molecule has 17 heavy (non-hydrogen) atoms. The van der Waals surface area contributed by atoms with Crippen LogP contribution in [0.2, 0.25) is 0 Å². The van der Waals surface area contributed by atoms with Gasteiger partial charge < -0.3 is 5.32 Å². The fourth-order valence-corrected chi connectivity index (χ4v) is 2.67. The molecule has 0 radical (unpaired) electrons. The minimum absolute atomic E-state index is 0.706. The van der Waals surface area contributed by atoms with Crippen molar-refractivity contribution in [1.82, 2.24) is 15.1 Å². The van der Waals surface area contributed by atoms with Crippen LogP contribution in [0.5, 0.6) is 0 Å². The molecule has 0 saturated carbocycles. The minimum atomic E-state index is 0.706. The van der Waals surface area contributed by atoms with Gasteiger partial charge in [0, 0.05) is 26.3 Å². The molecule has 94 valence electrons. The van der Waals surface area contributed by atoms with Gasteiger partial charge in [-0.25, -0.2) is 0 Å². The van der Waals surface area contributed by atoms with E-state index < -0.39 is 0 Å². The predicted octanol–water partition coefficient (Wildman–Crippen LogP) is 2.50. The maximum absolute atomic E-state index is 4.18. The summed E-state index contributed by atoms with van der Waals surface area (Å²) in [5, 5.41) is 7.73. The van der Waals surface area contributed by atoms with Gasteiger partial charge in [-0.15, -0.1) is 0 Å². The molecule has 3 heteroatoms. The van der Waals surface area contributed by atoms with Gasteiger partial charge in [0.2, 0.25) is 0 Å². The summed E-state index contributed by atoms with van der Waals surface area (Å²) in [6.07, 6.45) is 6.84. The first-order chi connectivity index (χ1) is 8.18. The molecular weight excluding hydrogens is 210 g/mol. The molecule has 0 unspecified atom stereocenters. The Morgan fingerprint density at radius 2 is 2.35 bits per heavy atom. The van der Waals surface area contributed by atoms with E-state index in [4.69, 9.17) is 0 Å². The number of nitrogens with one attached hydrogen (secondary N) is 1. The summed E-state index contributed by atoms with van der Waals surface area (Å²) >= 11 is 0. The van der Waals surface area contributed by atoms with Crippen molar-refractivity contribution >= 4 is 0 Å². The van der Waals surface area contributed by atoms with Crippen molar-refractivity contribution in [2.45, 2.75) is 33.2 Å². The number of aryl methyl sites for hydroxylation is 1. The monoisotopic (exact) mass is 233 g/mol. The highest BCUT2D eigenvalue weighted by Gasteiger charge is 2.21. The number of hydrogen-bond acceptors (Lipinski definition) is 2. The molecule has 0 aromatic carbocycles. The van der Waals surface area contributed by atoms with Crippen molar-refractivity contribution in [2.75, 3.05) is 6.54 Å². The molecule has 0 saturated heterocycles. The molecule has 0 aliphatic heterocycles. The summed E-state index contributed by atoms with van der Waals surface area (Å²) < 4.78 is 1.93. The number of rotatable bonds is 4. The van der Waals surface area contributed by atoms with E-state index in [9.17, 15) is 0 Å². The van der Waals surface area contributed by atoms with E-state index in [0.717, 1.165) is 19.0 Å². The summed E-state index contributed by atoms with van der Waals surface area (Å²) in [6.45, 7) is 6.63. The van der Waals surface area contributed by atoms with Gasteiger partial charge in [-0.3, -0.25) is 4.68 Å². The third-order valence-corrected chi connectivity index (χ3v) is 3.95. The molecule has 1 N–H and O–H groups in total. The van der Waals surface area contributed by atoms with Crippen molar-refractivity contribution in [2.24, 2.45) is 18.9 Å². The molecular formula is C14H23N3. The van der Waals surface area contributed by atoms with E-state index >= 15 is 0 Å². The Labute approximate surface area is 104 Å². The molecule has 1 aromatic heterocycles. The van der Waals surface area contributed by atoms with E-state index in [1.54, 1.807) is 5.57 Å². The summed E-state index contributed by atoms with van der Waals surface area (Å²) in [7, 11) is 1.99. The van der Waals surface area contributed by atoms with E-state index in [-0.39, 0.29) is 0 Å². The zero-order valence-electron chi connectivity index (χ0n) is 11.1. The van der Waals surface area contributed by atoms with Gasteiger partial charge in [0.05, 0.1) is 5.69 Å². The van der Waals surface area contributed by atoms with Gasteiger partial charge >= 0.3 is 0 Å². The average molecular weight is 233 g/mol. The van der Waals surface area contributed by atoms with Crippen LogP contribution in [-0.4, -0.2) is 16.3 Å². The fraction of sp³-hybridized carbons (Fsp3) is 0.643. The van der Waals surface area contributed by atoms with Crippen LogP contribution < -0.4 is 5.32 Å². The average Bonchev–Trinajstić information content (AvgIpc) is 2.69. The largest absolute Gasteiger partial charge is 0.311 e. The molecule has 1 heterocycles. The highest BCUT2D eigenvalue weighted by Crippen LogP contribution is 2.29. The number of hydrogen-bond donors (Lipinski definition) is 1. The smallest absolute Gasteiger partial charge is 0.0518 e. The van der Waals surface area contributed by atoms with Gasteiger partial charge in [-0.1, -0.05) is 18.6 Å². The Bertz CT molecular complexity index is 392. The highest BCUT2D eigenvalue weighted by molar-refractivity contribution is 5.09. The Kier molecular flexibility index (Phi) is 4.00. The van der Waals surface area contributed by atoms with Gasteiger partial charge in [0.15, 0.2) is 0 Å². The Balaban J connectivity index is 1.84. The molecule has 0 spiro atoms. The van der Waals surface area contributed by atoms with Crippen molar-refractivity contribution in [3.63, 3.8) is 0 Å². The first kappa shape index (κ1) is 12.4. The summed E-state index contributed by atoms with van der Waals surface area (Å²) in [5.41, 5.74) is 2.80. The standard InChI is InChI=1S/C14H23N3/c1-11-5-4-6-12(2)14(11)10-15-9-13-7-8-16-17(13)3/h5,7-8,12,14-15H,4,6,9-10H2,1-3H3/t12-,14+/m0/s1. The maximum Gasteiger partial charge on any atom is 0.0518 e. The molecule has 1 aliphatic carbocycles. The summed E-state index contributed by atoms with van der Waals surface area (Å²) in [6, 6.07) is 2.07. The van der Waals surface area contributed by atoms with Crippen LogP contribution in [-0.2, 0) is 13.6 Å². The van der Waals surface area contributed by atoms with E-state index in [1.807, 2.05) is 17.9 Å². The second kappa shape index (κ2) is 5.50. The lowest BCUT2D eigenvalue weighted by Gasteiger charge is -2.29. The van der Waals surface area contributed by atoms with Crippen LogP contribution in [0.1, 0.15) is 32.4 Å². The second-order valence-corrected chi connectivity index (χ2v) is 5.19. The Morgan fingerprint density at radius 1 is 1.53 bits per heavy atom. The van der Waals surface area contributed by atoms with Crippen LogP contribution in [0.4, 0.5) is 0 Å². The predicted molar refractivity (Wildman–Crippen MR) is 70.6 cm³/mol. The van der Waals surface area contributed by atoms with Gasteiger partial charge in [-0.05, 0) is 37.7 Å². The van der Waals surface area contributed by atoms with Gasteiger partial charge in [0.25, 0.3) is 0 Å².